The van der Waals surface area contributed by atoms with Crippen molar-refractivity contribution in [3.05, 3.63) is 107 Å². The molecule has 2 heterocycles. The molecule has 1 aliphatic heterocycles. The lowest BCUT2D eigenvalue weighted by Crippen LogP contribution is -2.44. The molecule has 0 saturated carbocycles. The van der Waals surface area contributed by atoms with Crippen molar-refractivity contribution in [3.8, 4) is 17.0 Å². The Morgan fingerprint density at radius 1 is 0.950 bits per heavy atom. The highest BCUT2D eigenvalue weighted by Gasteiger charge is 2.41. The van der Waals surface area contributed by atoms with Crippen LogP contribution in [0.5, 0.6) is 5.75 Å². The molecule has 0 bridgehead atoms. The van der Waals surface area contributed by atoms with Gasteiger partial charge in [0, 0.05) is 24.2 Å². The van der Waals surface area contributed by atoms with Crippen LogP contribution >= 0.6 is 23.6 Å². The van der Waals surface area contributed by atoms with E-state index in [1.54, 1.807) is 4.57 Å². The topological polar surface area (TPSA) is 75.3 Å². The quantitative estimate of drug-likeness (QED) is 0.101. The fourth-order valence-corrected chi connectivity index (χ4v) is 5.49. The summed E-state index contributed by atoms with van der Waals surface area (Å²) in [5, 5.41) is 4.00. The van der Waals surface area contributed by atoms with E-state index in [9.17, 15) is 4.79 Å². The van der Waals surface area contributed by atoms with Crippen molar-refractivity contribution in [3.63, 3.8) is 0 Å². The SMILES string of the molecule is O=C1C(Cc2ccc(OCCCCCCSO)c(Cl)c2)Nc2c(Cc3ccccc3)nc(-c3ccccc3)c[n+]21. The fourth-order valence-electron chi connectivity index (χ4n) is 4.90. The first-order chi connectivity index (χ1) is 19.6. The zero-order chi connectivity index (χ0) is 27.7. The molecule has 1 atom stereocenters. The van der Waals surface area contributed by atoms with Crippen LogP contribution in [0.2, 0.25) is 5.02 Å². The molecule has 0 spiro atoms. The van der Waals surface area contributed by atoms with Gasteiger partial charge in [0.15, 0.2) is 6.04 Å². The Labute approximate surface area is 244 Å². The monoisotopic (exact) mass is 574 g/mol. The number of halogens is 1. The second kappa shape index (κ2) is 13.8. The van der Waals surface area contributed by atoms with Crippen LogP contribution in [0.25, 0.3) is 11.3 Å². The fraction of sp³-hybridized carbons (Fsp3) is 0.281. The summed E-state index contributed by atoms with van der Waals surface area (Å²) in [6, 6.07) is 25.4. The molecule has 5 rings (SSSR count). The van der Waals surface area contributed by atoms with E-state index in [4.69, 9.17) is 25.9 Å². The highest BCUT2D eigenvalue weighted by atomic mass is 35.5. The van der Waals surface area contributed by atoms with Crippen LogP contribution in [0.3, 0.4) is 0 Å². The Bertz CT molecular complexity index is 1440. The molecule has 1 aromatic heterocycles. The van der Waals surface area contributed by atoms with E-state index in [2.05, 4.69) is 17.4 Å². The number of benzene rings is 3. The number of rotatable bonds is 13. The summed E-state index contributed by atoms with van der Waals surface area (Å²) in [6.07, 6.45) is 7.01. The molecule has 0 saturated heterocycles. The van der Waals surface area contributed by atoms with E-state index in [1.165, 1.54) is 0 Å². The summed E-state index contributed by atoms with van der Waals surface area (Å²) in [5.41, 5.74) is 4.66. The molecule has 206 valence electrons. The third-order valence-corrected chi connectivity index (χ3v) is 7.74. The summed E-state index contributed by atoms with van der Waals surface area (Å²) in [7, 11) is 0. The third kappa shape index (κ3) is 7.02. The summed E-state index contributed by atoms with van der Waals surface area (Å²) in [5.74, 6) is 2.15. The van der Waals surface area contributed by atoms with E-state index in [0.717, 1.165) is 77.4 Å². The van der Waals surface area contributed by atoms with Crippen molar-refractivity contribution in [1.82, 2.24) is 4.98 Å². The largest absolute Gasteiger partial charge is 0.492 e. The molecule has 40 heavy (non-hydrogen) atoms. The Morgan fingerprint density at radius 2 is 1.70 bits per heavy atom. The Hall–Kier alpha value is -3.39. The molecule has 1 aliphatic rings. The first-order valence-corrected chi connectivity index (χ1v) is 15.0. The van der Waals surface area contributed by atoms with E-state index >= 15 is 0 Å². The molecule has 1 unspecified atom stereocenters. The van der Waals surface area contributed by atoms with E-state index < -0.39 is 6.04 Å². The van der Waals surface area contributed by atoms with Gasteiger partial charge in [0.1, 0.15) is 23.3 Å². The van der Waals surface area contributed by atoms with Crippen LogP contribution < -0.4 is 14.6 Å². The molecule has 0 aliphatic carbocycles. The maximum atomic E-state index is 13.6. The van der Waals surface area contributed by atoms with Gasteiger partial charge in [0.25, 0.3) is 0 Å². The average molecular weight is 575 g/mol. The number of carbonyl (C=O) groups is 1. The maximum Gasteiger partial charge on any atom is 0.359 e. The van der Waals surface area contributed by atoms with Crippen LogP contribution in [0.1, 0.15) is 47.3 Å². The normalized spacial score (nSPS) is 14.2. The number of aromatic nitrogens is 2. The maximum absolute atomic E-state index is 13.6. The Kier molecular flexibility index (Phi) is 9.71. The van der Waals surface area contributed by atoms with Gasteiger partial charge in [-0.05, 0) is 48.1 Å². The lowest BCUT2D eigenvalue weighted by atomic mass is 10.1. The van der Waals surface area contributed by atoms with Gasteiger partial charge in [-0.1, -0.05) is 91.2 Å². The van der Waals surface area contributed by atoms with Gasteiger partial charge in [-0.2, -0.15) is 4.57 Å². The Balaban J connectivity index is 1.29. The minimum atomic E-state index is -0.428. The number of hydrogen-bond donors (Lipinski definition) is 2. The van der Waals surface area contributed by atoms with Crippen LogP contribution in [-0.2, 0) is 12.8 Å². The highest BCUT2D eigenvalue weighted by molar-refractivity contribution is 7.93. The smallest absolute Gasteiger partial charge is 0.359 e. The molecular weight excluding hydrogens is 542 g/mol. The number of unbranched alkanes of at least 4 members (excludes halogenated alkanes) is 3. The highest BCUT2D eigenvalue weighted by Crippen LogP contribution is 2.28. The minimum absolute atomic E-state index is 0.0139. The number of nitrogens with zero attached hydrogens (tertiary/aromatic N) is 2. The van der Waals surface area contributed by atoms with Gasteiger partial charge in [0.2, 0.25) is 0 Å². The van der Waals surface area contributed by atoms with Gasteiger partial charge in [-0.25, -0.2) is 9.78 Å². The predicted molar refractivity (Wildman–Crippen MR) is 161 cm³/mol. The number of fused-ring (bicyclic) bond motifs is 1. The van der Waals surface area contributed by atoms with Crippen molar-refractivity contribution in [2.24, 2.45) is 0 Å². The van der Waals surface area contributed by atoms with Gasteiger partial charge >= 0.3 is 11.7 Å². The molecule has 3 aromatic carbocycles. The molecule has 2 N–H and O–H groups in total. The van der Waals surface area contributed by atoms with Crippen molar-refractivity contribution in [2.45, 2.75) is 44.6 Å². The van der Waals surface area contributed by atoms with Crippen LogP contribution in [0, 0.1) is 0 Å². The molecule has 0 radical (unpaired) electrons. The summed E-state index contributed by atoms with van der Waals surface area (Å²) in [4.78, 5) is 18.6. The van der Waals surface area contributed by atoms with E-state index in [0.29, 0.717) is 30.2 Å². The number of anilines is 1. The van der Waals surface area contributed by atoms with Gasteiger partial charge in [-0.3, -0.25) is 5.32 Å². The zero-order valence-corrected chi connectivity index (χ0v) is 23.8. The summed E-state index contributed by atoms with van der Waals surface area (Å²) < 4.78 is 16.4. The summed E-state index contributed by atoms with van der Waals surface area (Å²) in [6.45, 7) is 0.598. The number of hydrogen-bond acceptors (Lipinski definition) is 6. The van der Waals surface area contributed by atoms with Crippen LogP contribution in [0.4, 0.5) is 5.82 Å². The summed E-state index contributed by atoms with van der Waals surface area (Å²) >= 11 is 7.44. The Morgan fingerprint density at radius 3 is 2.45 bits per heavy atom. The van der Waals surface area contributed by atoms with Crippen LogP contribution in [-0.4, -0.2) is 33.8 Å². The van der Waals surface area contributed by atoms with Crippen molar-refractivity contribution in [2.75, 3.05) is 17.7 Å². The predicted octanol–water partition coefficient (Wildman–Crippen LogP) is 7.10. The van der Waals surface area contributed by atoms with Crippen molar-refractivity contribution < 1.29 is 18.7 Å². The molecule has 8 heteroatoms. The lowest BCUT2D eigenvalue weighted by Gasteiger charge is -2.10. The van der Waals surface area contributed by atoms with E-state index in [-0.39, 0.29) is 5.91 Å². The molecular formula is C32H33ClN3O3S+. The van der Waals surface area contributed by atoms with Gasteiger partial charge in [0.05, 0.1) is 11.6 Å². The van der Waals surface area contributed by atoms with Crippen molar-refractivity contribution >= 4 is 35.4 Å². The van der Waals surface area contributed by atoms with Crippen molar-refractivity contribution in [1.29, 1.82) is 0 Å². The molecule has 6 nitrogen and oxygen atoms in total. The second-order valence-electron chi connectivity index (χ2n) is 9.92. The zero-order valence-electron chi connectivity index (χ0n) is 22.3. The van der Waals surface area contributed by atoms with Gasteiger partial charge in [-0.15, -0.1) is 0 Å². The third-order valence-electron chi connectivity index (χ3n) is 6.98. The van der Waals surface area contributed by atoms with E-state index in [1.807, 2.05) is 72.9 Å². The minimum Gasteiger partial charge on any atom is -0.492 e. The van der Waals surface area contributed by atoms with Gasteiger partial charge < -0.3 is 9.29 Å². The second-order valence-corrected chi connectivity index (χ2v) is 11.0. The molecule has 0 fully saturated rings. The molecule has 0 amide bonds. The number of carbonyl (C=O) groups excluding carboxylic acids is 1. The van der Waals surface area contributed by atoms with Crippen LogP contribution in [0.15, 0.2) is 85.1 Å². The standard InChI is InChI=1S/C32H32ClN3O3S/c33-26-19-24(15-16-30(26)39-17-9-1-2-10-18-40-38)21-28-32(37)36-22-29(25-13-7-4-8-14-25)34-27(31(36)35-28)20-23-11-5-3-6-12-23/h3-8,11-16,19,22,28,38H,1-2,9-10,17-18,20-21H2/p+1. The number of nitrogens with one attached hydrogen (secondary N) is 1. The number of ether oxygens (including phenoxy) is 1. The molecule has 4 aromatic rings. The first kappa shape index (κ1) is 28.1. The average Bonchev–Trinajstić information content (AvgIpc) is 3.29. The first-order valence-electron chi connectivity index (χ1n) is 13.7. The lowest BCUT2D eigenvalue weighted by molar-refractivity contribution is -0.552.